The first-order chi connectivity index (χ1) is 15.1. The number of hydrogen-bond donors (Lipinski definition) is 1. The van der Waals surface area contributed by atoms with Gasteiger partial charge in [0, 0.05) is 22.9 Å². The van der Waals surface area contributed by atoms with E-state index in [0.717, 1.165) is 57.2 Å². The Balaban J connectivity index is 1.40. The van der Waals surface area contributed by atoms with Crippen molar-refractivity contribution in [2.75, 3.05) is 25.0 Å². The highest BCUT2D eigenvalue weighted by Gasteiger charge is 2.30. The summed E-state index contributed by atoms with van der Waals surface area (Å²) in [4.78, 5) is 29.0. The third-order valence-electron chi connectivity index (χ3n) is 6.20. The van der Waals surface area contributed by atoms with Gasteiger partial charge in [-0.05, 0) is 70.2 Å². The number of fused-ring (bicyclic) bond motifs is 1. The fraction of sp³-hybridized carbons (Fsp3) is 0.500. The molecule has 2 aromatic rings. The average molecular weight is 445 g/mol. The van der Waals surface area contributed by atoms with E-state index in [2.05, 4.69) is 10.2 Å². The molecule has 0 radical (unpaired) electrons. The Labute approximate surface area is 186 Å². The molecule has 5 nitrogen and oxygen atoms in total. The zero-order chi connectivity index (χ0) is 21.8. The molecule has 0 atom stereocenters. The van der Waals surface area contributed by atoms with Gasteiger partial charge in [0.05, 0.1) is 12.2 Å². The first kappa shape index (κ1) is 22.0. The summed E-state index contributed by atoms with van der Waals surface area (Å²) in [5, 5.41) is 3.69. The van der Waals surface area contributed by atoms with Gasteiger partial charge in [-0.2, -0.15) is 0 Å². The third kappa shape index (κ3) is 4.99. The Morgan fingerprint density at radius 1 is 1.19 bits per heavy atom. The molecule has 1 aromatic carbocycles. The summed E-state index contributed by atoms with van der Waals surface area (Å²) in [5.74, 6) is -0.659. The van der Waals surface area contributed by atoms with Crippen LogP contribution in [0.2, 0.25) is 0 Å². The number of halogens is 1. The lowest BCUT2D eigenvalue weighted by Crippen LogP contribution is -2.38. The molecular weight excluding hydrogens is 415 g/mol. The Hall–Kier alpha value is -2.25. The molecule has 2 heterocycles. The van der Waals surface area contributed by atoms with Crippen molar-refractivity contribution >= 4 is 28.2 Å². The van der Waals surface area contributed by atoms with Gasteiger partial charge in [-0.3, -0.25) is 9.69 Å². The molecule has 0 unspecified atom stereocenters. The highest BCUT2D eigenvalue weighted by Crippen LogP contribution is 2.39. The summed E-state index contributed by atoms with van der Waals surface area (Å²) in [6.45, 7) is 4.17. The van der Waals surface area contributed by atoms with Crippen molar-refractivity contribution in [1.29, 1.82) is 0 Å². The highest BCUT2D eigenvalue weighted by atomic mass is 32.1. The highest BCUT2D eigenvalue weighted by molar-refractivity contribution is 7.17. The van der Waals surface area contributed by atoms with Crippen LogP contribution in [0.5, 0.6) is 0 Å². The van der Waals surface area contributed by atoms with Gasteiger partial charge in [0.2, 0.25) is 5.91 Å². The van der Waals surface area contributed by atoms with E-state index in [4.69, 9.17) is 4.74 Å². The standard InChI is InChI=1S/C24H29FN2O3S/c1-2-30-24(29)21-18-8-4-6-10-20(18)31-23(21)26-22(28)16-11-13-27(14-12-16)15-17-7-3-5-9-19(17)25/h3,5,7,9,16H,2,4,6,8,10-15H2,1H3,(H,26,28). The first-order valence-electron chi connectivity index (χ1n) is 11.1. The van der Waals surface area contributed by atoms with E-state index < -0.39 is 0 Å². The van der Waals surface area contributed by atoms with E-state index in [9.17, 15) is 14.0 Å². The molecule has 0 bridgehead atoms. The lowest BCUT2D eigenvalue weighted by atomic mass is 9.94. The van der Waals surface area contributed by atoms with Gasteiger partial charge in [0.25, 0.3) is 0 Å². The summed E-state index contributed by atoms with van der Waals surface area (Å²) in [5.41, 5.74) is 2.31. The molecule has 2 aliphatic rings. The molecular formula is C24H29FN2O3S. The second kappa shape index (κ2) is 9.92. The van der Waals surface area contributed by atoms with Gasteiger partial charge in [0.15, 0.2) is 0 Å². The van der Waals surface area contributed by atoms with Gasteiger partial charge in [-0.15, -0.1) is 11.3 Å². The number of nitrogens with one attached hydrogen (secondary N) is 1. The maximum atomic E-state index is 13.9. The van der Waals surface area contributed by atoms with Crippen LogP contribution in [0.1, 0.15) is 59.0 Å². The molecule has 166 valence electrons. The number of nitrogens with zero attached hydrogens (tertiary/aromatic N) is 1. The molecule has 1 aliphatic heterocycles. The number of benzene rings is 1. The molecule has 31 heavy (non-hydrogen) atoms. The number of carbonyl (C=O) groups excluding carboxylic acids is 2. The SMILES string of the molecule is CCOC(=O)c1c(NC(=O)C2CCN(Cc3ccccc3F)CC2)sc2c1CCCC2. The van der Waals surface area contributed by atoms with E-state index >= 15 is 0 Å². The van der Waals surface area contributed by atoms with Gasteiger partial charge in [0.1, 0.15) is 10.8 Å². The maximum absolute atomic E-state index is 13.9. The Bertz CT molecular complexity index is 950. The number of rotatable bonds is 6. The quantitative estimate of drug-likeness (QED) is 0.651. The fourth-order valence-corrected chi connectivity index (χ4v) is 5.79. The van der Waals surface area contributed by atoms with Crippen LogP contribution in [0, 0.1) is 11.7 Å². The number of carbonyl (C=O) groups is 2. The zero-order valence-corrected chi connectivity index (χ0v) is 18.7. The number of thiophene rings is 1. The van der Waals surface area contributed by atoms with Crippen LogP contribution in [0.25, 0.3) is 0 Å². The van der Waals surface area contributed by atoms with E-state index in [1.54, 1.807) is 13.0 Å². The maximum Gasteiger partial charge on any atom is 0.341 e. The van der Waals surface area contributed by atoms with Crippen LogP contribution >= 0.6 is 11.3 Å². The van der Waals surface area contributed by atoms with Crippen LogP contribution in [0.4, 0.5) is 9.39 Å². The summed E-state index contributed by atoms with van der Waals surface area (Å²) < 4.78 is 19.2. The number of aryl methyl sites for hydroxylation is 1. The minimum Gasteiger partial charge on any atom is -0.462 e. The molecule has 0 spiro atoms. The molecule has 0 saturated carbocycles. The van der Waals surface area contributed by atoms with Crippen LogP contribution in [-0.4, -0.2) is 36.5 Å². The van der Waals surface area contributed by atoms with Gasteiger partial charge in [-0.1, -0.05) is 18.2 Å². The van der Waals surface area contributed by atoms with Crippen molar-refractivity contribution in [3.8, 4) is 0 Å². The smallest absolute Gasteiger partial charge is 0.341 e. The Kier molecular flexibility index (Phi) is 7.02. The predicted octanol–water partition coefficient (Wildman–Crippen LogP) is 4.79. The average Bonchev–Trinajstić information content (AvgIpc) is 3.14. The number of ether oxygens (including phenoxy) is 1. The molecule has 1 saturated heterocycles. The van der Waals surface area contributed by atoms with Crippen LogP contribution in [0.3, 0.4) is 0 Å². The van der Waals surface area contributed by atoms with E-state index in [1.165, 1.54) is 22.3 Å². The number of amides is 1. The molecule has 4 rings (SSSR count). The summed E-state index contributed by atoms with van der Waals surface area (Å²) in [6.07, 6.45) is 5.44. The van der Waals surface area contributed by atoms with Crippen molar-refractivity contribution in [2.24, 2.45) is 5.92 Å². The van der Waals surface area contributed by atoms with Gasteiger partial charge >= 0.3 is 5.97 Å². The summed E-state index contributed by atoms with van der Waals surface area (Å²) in [7, 11) is 0. The molecule has 7 heteroatoms. The van der Waals surface area contributed by atoms with E-state index in [1.807, 2.05) is 12.1 Å². The third-order valence-corrected chi connectivity index (χ3v) is 7.40. The largest absolute Gasteiger partial charge is 0.462 e. The second-order valence-corrected chi connectivity index (χ2v) is 9.37. The lowest BCUT2D eigenvalue weighted by Gasteiger charge is -2.31. The predicted molar refractivity (Wildman–Crippen MR) is 120 cm³/mol. The van der Waals surface area contributed by atoms with Crippen molar-refractivity contribution < 1.29 is 18.7 Å². The second-order valence-electron chi connectivity index (χ2n) is 8.27. The zero-order valence-electron chi connectivity index (χ0n) is 17.9. The number of hydrogen-bond acceptors (Lipinski definition) is 5. The minimum absolute atomic E-state index is 0.0327. The van der Waals surface area contributed by atoms with Crippen LogP contribution in [0.15, 0.2) is 24.3 Å². The molecule has 1 amide bonds. The number of likely N-dealkylation sites (tertiary alicyclic amines) is 1. The number of piperidine rings is 1. The monoisotopic (exact) mass is 444 g/mol. The van der Waals surface area contributed by atoms with Crippen molar-refractivity contribution in [1.82, 2.24) is 4.90 Å². The van der Waals surface area contributed by atoms with Crippen molar-refractivity contribution in [3.05, 3.63) is 51.7 Å². The Morgan fingerprint density at radius 2 is 1.94 bits per heavy atom. The van der Waals surface area contributed by atoms with Crippen LogP contribution < -0.4 is 5.32 Å². The number of anilines is 1. The minimum atomic E-state index is -0.336. The van der Waals surface area contributed by atoms with Crippen LogP contribution in [-0.2, 0) is 28.9 Å². The van der Waals surface area contributed by atoms with Crippen molar-refractivity contribution in [3.63, 3.8) is 0 Å². The van der Waals surface area contributed by atoms with E-state index in [0.29, 0.717) is 29.3 Å². The lowest BCUT2D eigenvalue weighted by molar-refractivity contribution is -0.121. The Morgan fingerprint density at radius 3 is 2.68 bits per heavy atom. The molecule has 1 aliphatic carbocycles. The van der Waals surface area contributed by atoms with Gasteiger partial charge < -0.3 is 10.1 Å². The topological polar surface area (TPSA) is 58.6 Å². The molecule has 1 fully saturated rings. The van der Waals surface area contributed by atoms with Crippen molar-refractivity contribution in [2.45, 2.75) is 52.0 Å². The fourth-order valence-electron chi connectivity index (χ4n) is 4.51. The van der Waals surface area contributed by atoms with E-state index in [-0.39, 0.29) is 23.6 Å². The summed E-state index contributed by atoms with van der Waals surface area (Å²) in [6, 6.07) is 6.84. The molecule has 1 N–H and O–H groups in total. The summed E-state index contributed by atoms with van der Waals surface area (Å²) >= 11 is 1.53. The molecule has 1 aromatic heterocycles. The number of esters is 1. The normalized spacial score (nSPS) is 17.2. The first-order valence-corrected chi connectivity index (χ1v) is 12.0. The van der Waals surface area contributed by atoms with Gasteiger partial charge in [-0.25, -0.2) is 9.18 Å².